The Balaban J connectivity index is 2.29. The summed E-state index contributed by atoms with van der Waals surface area (Å²) in [6.45, 7) is 0.297. The summed E-state index contributed by atoms with van der Waals surface area (Å²) in [5.74, 6) is 0.0901. The first-order valence-electron chi connectivity index (χ1n) is 5.68. The normalized spacial score (nSPS) is 12.2. The number of halogens is 3. The summed E-state index contributed by atoms with van der Waals surface area (Å²) in [5.41, 5.74) is 6.69. The second-order valence-electron chi connectivity index (χ2n) is 3.94. The molecule has 0 aliphatic heterocycles. The Morgan fingerprint density at radius 2 is 1.84 bits per heavy atom. The number of ether oxygens (including phenoxy) is 1. The highest BCUT2D eigenvalue weighted by atomic mass is 79.9. The van der Waals surface area contributed by atoms with Crippen molar-refractivity contribution in [3.8, 4) is 5.75 Å². The van der Waals surface area contributed by atoms with E-state index in [1.54, 1.807) is 6.07 Å². The van der Waals surface area contributed by atoms with Crippen molar-refractivity contribution in [3.63, 3.8) is 0 Å². The van der Waals surface area contributed by atoms with Gasteiger partial charge in [-0.05, 0) is 34.1 Å². The maximum absolute atomic E-state index is 13.2. The van der Waals surface area contributed by atoms with Crippen molar-refractivity contribution in [2.45, 2.75) is 6.10 Å². The fourth-order valence-electron chi connectivity index (χ4n) is 1.70. The predicted molar refractivity (Wildman–Crippen MR) is 80.7 cm³/mol. The third kappa shape index (κ3) is 3.55. The first kappa shape index (κ1) is 14.5. The molecule has 2 N–H and O–H groups in total. The lowest BCUT2D eigenvalue weighted by Gasteiger charge is -2.20. The molecule has 0 aliphatic rings. The van der Waals surface area contributed by atoms with E-state index in [1.807, 2.05) is 24.3 Å². The SMILES string of the molecule is NCC(Oc1cc(F)ccc1Br)c1ccccc1Br. The zero-order chi connectivity index (χ0) is 13.8. The van der Waals surface area contributed by atoms with Crippen molar-refractivity contribution in [3.05, 3.63) is 62.8 Å². The van der Waals surface area contributed by atoms with Crippen molar-refractivity contribution >= 4 is 31.9 Å². The molecule has 1 unspecified atom stereocenters. The zero-order valence-electron chi connectivity index (χ0n) is 9.95. The molecule has 0 saturated heterocycles. The lowest BCUT2D eigenvalue weighted by molar-refractivity contribution is 0.211. The average molecular weight is 389 g/mol. The monoisotopic (exact) mass is 387 g/mol. The quantitative estimate of drug-likeness (QED) is 0.840. The van der Waals surface area contributed by atoms with Crippen LogP contribution in [0.4, 0.5) is 4.39 Å². The van der Waals surface area contributed by atoms with E-state index < -0.39 is 0 Å². The van der Waals surface area contributed by atoms with Crippen molar-refractivity contribution in [2.24, 2.45) is 5.73 Å². The summed E-state index contributed by atoms with van der Waals surface area (Å²) >= 11 is 6.80. The van der Waals surface area contributed by atoms with Crippen LogP contribution in [-0.2, 0) is 0 Å². The average Bonchev–Trinajstić information content (AvgIpc) is 2.41. The molecule has 100 valence electrons. The molecule has 0 fully saturated rings. The van der Waals surface area contributed by atoms with Gasteiger partial charge in [-0.3, -0.25) is 0 Å². The van der Waals surface area contributed by atoms with Crippen LogP contribution in [0, 0.1) is 5.82 Å². The molecular formula is C14H12Br2FNO. The van der Waals surface area contributed by atoms with Crippen molar-refractivity contribution in [1.82, 2.24) is 0 Å². The third-order valence-corrected chi connectivity index (χ3v) is 4.01. The molecule has 2 nitrogen and oxygen atoms in total. The van der Waals surface area contributed by atoms with E-state index in [4.69, 9.17) is 10.5 Å². The van der Waals surface area contributed by atoms with E-state index in [-0.39, 0.29) is 11.9 Å². The highest BCUT2D eigenvalue weighted by Crippen LogP contribution is 2.32. The van der Waals surface area contributed by atoms with Gasteiger partial charge < -0.3 is 10.5 Å². The smallest absolute Gasteiger partial charge is 0.137 e. The summed E-state index contributed by atoms with van der Waals surface area (Å²) < 4.78 is 20.7. The molecule has 5 heteroatoms. The summed E-state index contributed by atoms with van der Waals surface area (Å²) in [6, 6.07) is 12.0. The number of hydrogen-bond acceptors (Lipinski definition) is 2. The van der Waals surface area contributed by atoms with Gasteiger partial charge in [-0.2, -0.15) is 0 Å². The molecule has 0 amide bonds. The zero-order valence-corrected chi connectivity index (χ0v) is 13.1. The molecule has 2 aromatic rings. The molecule has 0 aromatic heterocycles. The van der Waals surface area contributed by atoms with E-state index in [0.29, 0.717) is 16.8 Å². The maximum atomic E-state index is 13.2. The van der Waals surface area contributed by atoms with Crippen molar-refractivity contribution in [2.75, 3.05) is 6.54 Å². The van der Waals surface area contributed by atoms with Crippen LogP contribution in [0.2, 0.25) is 0 Å². The lowest BCUT2D eigenvalue weighted by atomic mass is 10.1. The first-order chi connectivity index (χ1) is 9.11. The molecule has 0 spiro atoms. The molecule has 19 heavy (non-hydrogen) atoms. The molecule has 0 heterocycles. The Morgan fingerprint density at radius 1 is 1.11 bits per heavy atom. The molecule has 0 radical (unpaired) electrons. The molecule has 0 bridgehead atoms. The van der Waals surface area contributed by atoms with E-state index in [9.17, 15) is 4.39 Å². The topological polar surface area (TPSA) is 35.2 Å². The standard InChI is InChI=1S/C14H12Br2FNO/c15-11-4-2-1-3-10(11)14(8-18)19-13-7-9(17)5-6-12(13)16/h1-7,14H,8,18H2. The fourth-order valence-corrected chi connectivity index (χ4v) is 2.58. The molecule has 2 aromatic carbocycles. The first-order valence-corrected chi connectivity index (χ1v) is 7.26. The summed E-state index contributed by atoms with van der Waals surface area (Å²) in [6.07, 6.45) is -0.339. The van der Waals surface area contributed by atoms with Crippen LogP contribution in [-0.4, -0.2) is 6.54 Å². The highest BCUT2D eigenvalue weighted by Gasteiger charge is 2.16. The Morgan fingerprint density at radius 3 is 2.53 bits per heavy atom. The van der Waals surface area contributed by atoms with Crippen molar-refractivity contribution in [1.29, 1.82) is 0 Å². The maximum Gasteiger partial charge on any atom is 0.137 e. The fraction of sp³-hybridized carbons (Fsp3) is 0.143. The van der Waals surface area contributed by atoms with E-state index >= 15 is 0 Å². The van der Waals surface area contributed by atoms with Crippen LogP contribution >= 0.6 is 31.9 Å². The second kappa shape index (κ2) is 6.50. The summed E-state index contributed by atoms with van der Waals surface area (Å²) in [7, 11) is 0. The minimum absolute atomic E-state index is 0.297. The summed E-state index contributed by atoms with van der Waals surface area (Å²) in [4.78, 5) is 0. The van der Waals surface area contributed by atoms with Crippen LogP contribution in [0.1, 0.15) is 11.7 Å². The molecule has 0 saturated carbocycles. The third-order valence-electron chi connectivity index (χ3n) is 2.63. The van der Waals surface area contributed by atoms with Gasteiger partial charge in [-0.1, -0.05) is 34.1 Å². The number of nitrogens with two attached hydrogens (primary N) is 1. The molecule has 0 aliphatic carbocycles. The van der Waals surface area contributed by atoms with Gasteiger partial charge in [0.05, 0.1) is 4.47 Å². The summed E-state index contributed by atoms with van der Waals surface area (Å²) in [5, 5.41) is 0. The van der Waals surface area contributed by atoms with Gasteiger partial charge in [0.25, 0.3) is 0 Å². The van der Waals surface area contributed by atoms with Crippen molar-refractivity contribution < 1.29 is 9.13 Å². The van der Waals surface area contributed by atoms with Gasteiger partial charge >= 0.3 is 0 Å². The Hall–Kier alpha value is -0.910. The molecule has 2 rings (SSSR count). The van der Waals surface area contributed by atoms with Gasteiger partial charge in [0, 0.05) is 22.6 Å². The Bertz CT molecular complexity index is 577. The van der Waals surface area contributed by atoms with Crippen LogP contribution < -0.4 is 10.5 Å². The van der Waals surface area contributed by atoms with Crippen LogP contribution in [0.5, 0.6) is 5.75 Å². The minimum atomic E-state index is -0.346. The van der Waals surface area contributed by atoms with Crippen LogP contribution in [0.15, 0.2) is 51.4 Å². The van der Waals surface area contributed by atoms with Gasteiger partial charge in [0.1, 0.15) is 17.7 Å². The highest BCUT2D eigenvalue weighted by molar-refractivity contribution is 9.10. The lowest BCUT2D eigenvalue weighted by Crippen LogP contribution is -2.19. The van der Waals surface area contributed by atoms with E-state index in [1.165, 1.54) is 12.1 Å². The van der Waals surface area contributed by atoms with E-state index in [2.05, 4.69) is 31.9 Å². The number of hydrogen-bond donors (Lipinski definition) is 1. The van der Waals surface area contributed by atoms with Crippen LogP contribution in [0.3, 0.4) is 0 Å². The second-order valence-corrected chi connectivity index (χ2v) is 5.65. The Labute approximate surface area is 128 Å². The largest absolute Gasteiger partial charge is 0.483 e. The van der Waals surface area contributed by atoms with Crippen LogP contribution in [0.25, 0.3) is 0 Å². The number of rotatable bonds is 4. The minimum Gasteiger partial charge on any atom is -0.483 e. The van der Waals surface area contributed by atoms with Gasteiger partial charge in [-0.15, -0.1) is 0 Å². The molecule has 1 atom stereocenters. The van der Waals surface area contributed by atoms with Gasteiger partial charge in [0.2, 0.25) is 0 Å². The van der Waals surface area contributed by atoms with Gasteiger partial charge in [-0.25, -0.2) is 4.39 Å². The van der Waals surface area contributed by atoms with E-state index in [0.717, 1.165) is 10.0 Å². The number of benzene rings is 2. The Kier molecular flexibility index (Phi) is 4.96. The molecular weight excluding hydrogens is 377 g/mol. The van der Waals surface area contributed by atoms with Gasteiger partial charge in [0.15, 0.2) is 0 Å². The predicted octanol–water partition coefficient (Wildman–Crippen LogP) is 4.43.